The minimum atomic E-state index is -0.652. The van der Waals surface area contributed by atoms with Crippen LogP contribution in [0.25, 0.3) is 0 Å². The van der Waals surface area contributed by atoms with Gasteiger partial charge in [-0.1, -0.05) is 54.1 Å². The Morgan fingerprint density at radius 2 is 1.64 bits per heavy atom. The Kier molecular flexibility index (Phi) is 6.63. The van der Waals surface area contributed by atoms with Crippen LogP contribution in [0, 0.1) is 6.92 Å². The molecule has 1 atom stereocenters. The molecule has 1 N–H and O–H groups in total. The first-order valence-electron chi connectivity index (χ1n) is 11.0. The normalized spacial score (nSPS) is 14.7. The first-order chi connectivity index (χ1) is 16.0. The number of carbonyl (C=O) groups excluding carboxylic acids is 2. The second-order valence-electron chi connectivity index (χ2n) is 8.14. The van der Waals surface area contributed by atoms with Crippen molar-refractivity contribution in [1.29, 1.82) is 0 Å². The van der Waals surface area contributed by atoms with Gasteiger partial charge in [-0.15, -0.1) is 0 Å². The summed E-state index contributed by atoms with van der Waals surface area (Å²) >= 11 is 0. The minimum absolute atomic E-state index is 0.119. The lowest BCUT2D eigenvalue weighted by molar-refractivity contribution is -0.125. The van der Waals surface area contributed by atoms with Crippen LogP contribution in [0.1, 0.15) is 38.7 Å². The van der Waals surface area contributed by atoms with Crippen molar-refractivity contribution in [3.8, 4) is 11.5 Å². The van der Waals surface area contributed by atoms with Crippen LogP contribution in [0.3, 0.4) is 0 Å². The Labute approximate surface area is 194 Å². The lowest BCUT2D eigenvalue weighted by atomic mass is 10.0. The maximum atomic E-state index is 13.3. The van der Waals surface area contributed by atoms with Gasteiger partial charge in [0.15, 0.2) is 11.5 Å². The fourth-order valence-electron chi connectivity index (χ4n) is 4.17. The van der Waals surface area contributed by atoms with Gasteiger partial charge in [-0.2, -0.15) is 0 Å². The van der Waals surface area contributed by atoms with E-state index in [1.54, 1.807) is 25.2 Å². The predicted molar refractivity (Wildman–Crippen MR) is 126 cm³/mol. The molecule has 0 fully saturated rings. The fourth-order valence-corrected chi connectivity index (χ4v) is 4.17. The molecule has 4 rings (SSSR count). The number of amides is 2. The van der Waals surface area contributed by atoms with Crippen molar-refractivity contribution in [1.82, 2.24) is 10.2 Å². The molecule has 6 heteroatoms. The summed E-state index contributed by atoms with van der Waals surface area (Å²) in [7, 11) is 3.20. The molecule has 2 amide bonds. The third-order valence-electron chi connectivity index (χ3n) is 5.94. The van der Waals surface area contributed by atoms with E-state index in [4.69, 9.17) is 9.47 Å². The van der Waals surface area contributed by atoms with Gasteiger partial charge in [0, 0.05) is 18.7 Å². The van der Waals surface area contributed by atoms with E-state index in [-0.39, 0.29) is 11.8 Å². The summed E-state index contributed by atoms with van der Waals surface area (Å²) in [4.78, 5) is 28.1. The van der Waals surface area contributed by atoms with Crippen LogP contribution < -0.4 is 14.8 Å². The Balaban J connectivity index is 1.49. The number of methoxy groups -OCH3 is 2. The summed E-state index contributed by atoms with van der Waals surface area (Å²) in [6.45, 7) is 2.84. The number of hydrogen-bond acceptors (Lipinski definition) is 4. The van der Waals surface area contributed by atoms with Crippen molar-refractivity contribution < 1.29 is 19.1 Å². The third-order valence-corrected chi connectivity index (χ3v) is 5.94. The second-order valence-corrected chi connectivity index (χ2v) is 8.14. The zero-order chi connectivity index (χ0) is 23.4. The second kappa shape index (κ2) is 9.77. The van der Waals surface area contributed by atoms with E-state index in [2.05, 4.69) is 5.32 Å². The zero-order valence-electron chi connectivity index (χ0n) is 19.1. The first-order valence-corrected chi connectivity index (χ1v) is 11.0. The van der Waals surface area contributed by atoms with Gasteiger partial charge in [-0.05, 0) is 48.2 Å². The average molecular weight is 445 g/mol. The van der Waals surface area contributed by atoms with Gasteiger partial charge in [0.1, 0.15) is 6.04 Å². The molecule has 6 nitrogen and oxygen atoms in total. The molecule has 0 saturated carbocycles. The number of ether oxygens (including phenoxy) is 2. The lowest BCUT2D eigenvalue weighted by Gasteiger charge is -2.25. The minimum Gasteiger partial charge on any atom is -0.493 e. The molecule has 33 heavy (non-hydrogen) atoms. The first kappa shape index (κ1) is 22.4. The van der Waals surface area contributed by atoms with E-state index in [1.807, 2.05) is 67.6 Å². The number of rotatable bonds is 8. The summed E-state index contributed by atoms with van der Waals surface area (Å²) in [5.74, 6) is 1.02. The summed E-state index contributed by atoms with van der Waals surface area (Å²) in [5.41, 5.74) is 4.50. The van der Waals surface area contributed by atoms with Gasteiger partial charge in [0.2, 0.25) is 5.91 Å². The molecule has 0 aliphatic carbocycles. The standard InChI is InChI=1S/C27H28N2O4/c1-18-8-10-20(11-9-18)17-29-25(21-6-4-5-7-22(21)27(29)31)26(30)28-15-14-19-12-13-23(32-2)24(16-19)33-3/h4-13,16,25H,14-15,17H2,1-3H3,(H,28,30)/t25-/m1/s1. The maximum absolute atomic E-state index is 13.3. The molecule has 0 spiro atoms. The van der Waals surface area contributed by atoms with E-state index >= 15 is 0 Å². The number of nitrogens with one attached hydrogen (secondary N) is 1. The van der Waals surface area contributed by atoms with Crippen molar-refractivity contribution >= 4 is 11.8 Å². The Morgan fingerprint density at radius 3 is 2.36 bits per heavy atom. The van der Waals surface area contributed by atoms with Crippen LogP contribution in [0.5, 0.6) is 11.5 Å². The largest absolute Gasteiger partial charge is 0.493 e. The van der Waals surface area contributed by atoms with Crippen LogP contribution in [0.2, 0.25) is 0 Å². The van der Waals surface area contributed by atoms with Crippen LogP contribution >= 0.6 is 0 Å². The summed E-state index contributed by atoms with van der Waals surface area (Å²) in [6, 6.07) is 20.4. The molecule has 0 aromatic heterocycles. The van der Waals surface area contributed by atoms with Crippen LogP contribution in [-0.4, -0.2) is 37.5 Å². The monoisotopic (exact) mass is 444 g/mol. The highest BCUT2D eigenvalue weighted by Gasteiger charge is 2.40. The molecule has 1 heterocycles. The van der Waals surface area contributed by atoms with E-state index in [9.17, 15) is 9.59 Å². The number of benzene rings is 3. The van der Waals surface area contributed by atoms with Gasteiger partial charge in [0.05, 0.1) is 14.2 Å². The summed E-state index contributed by atoms with van der Waals surface area (Å²) in [6.07, 6.45) is 0.631. The Bertz CT molecular complexity index is 1160. The van der Waals surface area contributed by atoms with E-state index in [0.717, 1.165) is 22.3 Å². The quantitative estimate of drug-likeness (QED) is 0.569. The third kappa shape index (κ3) is 4.70. The number of aryl methyl sites for hydroxylation is 1. The van der Waals surface area contributed by atoms with Crippen LogP contribution in [0.4, 0.5) is 0 Å². The fraction of sp³-hybridized carbons (Fsp3) is 0.259. The number of hydrogen-bond donors (Lipinski definition) is 1. The average Bonchev–Trinajstić information content (AvgIpc) is 3.12. The van der Waals surface area contributed by atoms with Crippen molar-refractivity contribution in [3.05, 3.63) is 94.5 Å². The van der Waals surface area contributed by atoms with E-state index in [0.29, 0.717) is 36.6 Å². The smallest absolute Gasteiger partial charge is 0.255 e. The molecule has 0 bridgehead atoms. The lowest BCUT2D eigenvalue weighted by Crippen LogP contribution is -2.39. The molecule has 1 aliphatic rings. The Morgan fingerprint density at radius 1 is 0.939 bits per heavy atom. The van der Waals surface area contributed by atoms with E-state index < -0.39 is 6.04 Å². The van der Waals surface area contributed by atoms with Crippen molar-refractivity contribution in [2.45, 2.75) is 25.9 Å². The summed E-state index contributed by atoms with van der Waals surface area (Å²) in [5, 5.41) is 3.02. The van der Waals surface area contributed by atoms with Crippen LogP contribution in [0.15, 0.2) is 66.7 Å². The maximum Gasteiger partial charge on any atom is 0.255 e. The molecular weight excluding hydrogens is 416 g/mol. The van der Waals surface area contributed by atoms with Crippen LogP contribution in [-0.2, 0) is 17.8 Å². The van der Waals surface area contributed by atoms with Gasteiger partial charge < -0.3 is 19.7 Å². The predicted octanol–water partition coefficient (Wildman–Crippen LogP) is 4.07. The highest BCUT2D eigenvalue weighted by Crippen LogP contribution is 2.35. The van der Waals surface area contributed by atoms with Gasteiger partial charge >= 0.3 is 0 Å². The molecule has 0 unspecified atom stereocenters. The zero-order valence-corrected chi connectivity index (χ0v) is 19.1. The topological polar surface area (TPSA) is 67.9 Å². The SMILES string of the molecule is COc1ccc(CCNC(=O)[C@H]2c3ccccc3C(=O)N2Cc2ccc(C)cc2)cc1OC. The van der Waals surface area contributed by atoms with Gasteiger partial charge in [0.25, 0.3) is 5.91 Å². The van der Waals surface area contributed by atoms with Gasteiger partial charge in [-0.25, -0.2) is 0 Å². The highest BCUT2D eigenvalue weighted by molar-refractivity contribution is 6.04. The number of nitrogens with zero attached hydrogens (tertiary/aromatic N) is 1. The number of carbonyl (C=O) groups is 2. The highest BCUT2D eigenvalue weighted by atomic mass is 16.5. The van der Waals surface area contributed by atoms with E-state index in [1.165, 1.54) is 0 Å². The van der Waals surface area contributed by atoms with Crippen molar-refractivity contribution in [2.24, 2.45) is 0 Å². The van der Waals surface area contributed by atoms with Crippen molar-refractivity contribution in [3.63, 3.8) is 0 Å². The molecule has 170 valence electrons. The van der Waals surface area contributed by atoms with Crippen molar-refractivity contribution in [2.75, 3.05) is 20.8 Å². The molecular formula is C27H28N2O4. The summed E-state index contributed by atoms with van der Waals surface area (Å²) < 4.78 is 10.6. The molecule has 0 saturated heterocycles. The molecule has 0 radical (unpaired) electrons. The van der Waals surface area contributed by atoms with Gasteiger partial charge in [-0.3, -0.25) is 9.59 Å². The Hall–Kier alpha value is -3.80. The molecule has 1 aliphatic heterocycles. The molecule has 3 aromatic rings. The molecule has 3 aromatic carbocycles. The number of fused-ring (bicyclic) bond motifs is 1.